The third-order valence-corrected chi connectivity index (χ3v) is 2.54. The van der Waals surface area contributed by atoms with E-state index in [1.54, 1.807) is 27.7 Å². The van der Waals surface area contributed by atoms with Crippen molar-refractivity contribution in [2.45, 2.75) is 65.2 Å². The molecule has 0 spiro atoms. The average molecular weight is 332 g/mol. The van der Waals surface area contributed by atoms with Crippen LogP contribution in [0.1, 0.15) is 48.0 Å². The zero-order valence-corrected chi connectivity index (χ0v) is 14.5. The van der Waals surface area contributed by atoms with Gasteiger partial charge in [0.15, 0.2) is 0 Å². The van der Waals surface area contributed by atoms with Crippen LogP contribution in [0.25, 0.3) is 0 Å². The standard InChI is InChI=1S/C6H13NO2.C6H14O2.BH3O2.ClH/c1-4(2)3-5(7)6(8)9;1-5(2,7)6(3,4)8;2-1-3;/h4-5H,3,7H2,1-2H3,(H,8,9);7-8H,1-4H3;1-3H;1H. The van der Waals surface area contributed by atoms with Gasteiger partial charge in [0.25, 0.3) is 0 Å². The number of hydrogen-bond donors (Lipinski definition) is 6. The molecule has 0 fully saturated rings. The SMILES string of the molecule is CC(C)(O)C(C)(C)O.CC(C)CC(N)C(=O)O.Cl.OBO. The smallest absolute Gasteiger partial charge is 0.432 e. The van der Waals surface area contributed by atoms with Crippen LogP contribution in [0, 0.1) is 5.92 Å². The van der Waals surface area contributed by atoms with E-state index in [4.69, 9.17) is 31.1 Å². The zero-order valence-electron chi connectivity index (χ0n) is 13.7. The summed E-state index contributed by atoms with van der Waals surface area (Å²) in [6.45, 7) is 10.2. The molecule has 130 valence electrons. The molecule has 0 aliphatic rings. The van der Waals surface area contributed by atoms with Crippen molar-refractivity contribution in [3.63, 3.8) is 0 Å². The second kappa shape index (κ2) is 13.3. The molecule has 0 aromatic heterocycles. The number of aliphatic hydroxyl groups is 2. The van der Waals surface area contributed by atoms with Gasteiger partial charge in [-0.2, -0.15) is 0 Å². The van der Waals surface area contributed by atoms with E-state index in [9.17, 15) is 4.79 Å². The number of carboxylic acid groups (broad SMARTS) is 1. The molecule has 0 aromatic rings. The topological polar surface area (TPSA) is 144 Å². The molecule has 7 nitrogen and oxygen atoms in total. The predicted molar refractivity (Wildman–Crippen MR) is 86.5 cm³/mol. The molecule has 0 bridgehead atoms. The molecule has 0 heterocycles. The molecule has 0 amide bonds. The Labute approximate surface area is 133 Å². The minimum atomic E-state index is -1.01. The van der Waals surface area contributed by atoms with Crippen molar-refractivity contribution in [1.29, 1.82) is 0 Å². The summed E-state index contributed by atoms with van der Waals surface area (Å²) in [5.41, 5.74) is 3.20. The van der Waals surface area contributed by atoms with Gasteiger partial charge in [0.2, 0.25) is 0 Å². The monoisotopic (exact) mass is 331 g/mol. The first kappa shape index (κ1) is 28.7. The van der Waals surface area contributed by atoms with E-state index in [1.807, 2.05) is 13.8 Å². The maximum absolute atomic E-state index is 10.1. The number of rotatable bonds is 4. The molecule has 0 saturated carbocycles. The minimum Gasteiger partial charge on any atom is -0.480 e. The fraction of sp³-hybridized carbons (Fsp3) is 0.917. The molecule has 0 aromatic carbocycles. The van der Waals surface area contributed by atoms with Gasteiger partial charge in [0.1, 0.15) is 6.04 Å². The van der Waals surface area contributed by atoms with E-state index >= 15 is 0 Å². The number of carboxylic acids is 1. The van der Waals surface area contributed by atoms with Crippen molar-refractivity contribution in [3.05, 3.63) is 0 Å². The maximum Gasteiger partial charge on any atom is 0.432 e. The molecule has 9 heteroatoms. The van der Waals surface area contributed by atoms with Crippen LogP contribution in [-0.2, 0) is 4.79 Å². The lowest BCUT2D eigenvalue weighted by Gasteiger charge is -2.31. The van der Waals surface area contributed by atoms with Gasteiger partial charge in [0.05, 0.1) is 11.2 Å². The Hall–Kier alpha value is -0.375. The first-order valence-electron chi connectivity index (χ1n) is 6.35. The van der Waals surface area contributed by atoms with Crippen molar-refractivity contribution in [2.75, 3.05) is 0 Å². The van der Waals surface area contributed by atoms with Crippen molar-refractivity contribution in [3.8, 4) is 0 Å². The lowest BCUT2D eigenvalue weighted by atomic mass is 9.90. The highest BCUT2D eigenvalue weighted by molar-refractivity contribution is 6.13. The highest BCUT2D eigenvalue weighted by Gasteiger charge is 2.31. The van der Waals surface area contributed by atoms with Crippen molar-refractivity contribution < 1.29 is 30.2 Å². The molecule has 7 N–H and O–H groups in total. The number of halogens is 1. The highest BCUT2D eigenvalue weighted by Crippen LogP contribution is 2.19. The molecule has 0 radical (unpaired) electrons. The number of nitrogens with two attached hydrogens (primary N) is 1. The average Bonchev–Trinajstić information content (AvgIpc) is 2.15. The van der Waals surface area contributed by atoms with Crippen molar-refractivity contribution in [2.24, 2.45) is 11.7 Å². The molecule has 0 aliphatic carbocycles. The van der Waals surface area contributed by atoms with Crippen molar-refractivity contribution >= 4 is 26.1 Å². The van der Waals surface area contributed by atoms with Gasteiger partial charge < -0.3 is 31.1 Å². The third-order valence-electron chi connectivity index (χ3n) is 2.54. The number of aliphatic carboxylic acids is 1. The molecule has 0 aliphatic heterocycles. The van der Waals surface area contributed by atoms with E-state index in [-0.39, 0.29) is 12.4 Å². The lowest BCUT2D eigenvalue weighted by Crippen LogP contribution is -2.44. The van der Waals surface area contributed by atoms with Gasteiger partial charge in [-0.25, -0.2) is 0 Å². The quantitative estimate of drug-likeness (QED) is 0.386. The van der Waals surface area contributed by atoms with E-state index in [0.29, 0.717) is 12.3 Å². The summed E-state index contributed by atoms with van der Waals surface area (Å²) < 4.78 is 0. The minimum absolute atomic E-state index is 0. The molecule has 1 atom stereocenters. The van der Waals surface area contributed by atoms with Crippen LogP contribution in [0.3, 0.4) is 0 Å². The summed E-state index contributed by atoms with van der Waals surface area (Å²) in [5.74, 6) is -0.556. The highest BCUT2D eigenvalue weighted by atomic mass is 35.5. The first-order valence-corrected chi connectivity index (χ1v) is 6.35. The summed E-state index contributed by atoms with van der Waals surface area (Å²) in [6.07, 6.45) is 0.551. The summed E-state index contributed by atoms with van der Waals surface area (Å²) >= 11 is 0. The second-order valence-corrected chi connectivity index (χ2v) is 5.83. The Balaban J connectivity index is -0.000000112. The van der Waals surface area contributed by atoms with E-state index in [1.165, 1.54) is 0 Å². The van der Waals surface area contributed by atoms with Gasteiger partial charge in [-0.1, -0.05) is 13.8 Å². The van der Waals surface area contributed by atoms with Gasteiger partial charge in [-0.05, 0) is 40.0 Å². The van der Waals surface area contributed by atoms with E-state index in [0.717, 1.165) is 0 Å². The molecular formula is C12H31BClNO6. The largest absolute Gasteiger partial charge is 0.480 e. The number of hydrogen-bond acceptors (Lipinski definition) is 6. The third kappa shape index (κ3) is 22.1. The fourth-order valence-electron chi connectivity index (χ4n) is 0.609. The first-order chi connectivity index (χ1) is 8.70. The summed E-state index contributed by atoms with van der Waals surface area (Å²) in [5, 5.41) is 40.8. The van der Waals surface area contributed by atoms with Crippen LogP contribution in [0.5, 0.6) is 0 Å². The predicted octanol–water partition coefficient (Wildman–Crippen LogP) is -0.368. The van der Waals surface area contributed by atoms with Gasteiger partial charge >= 0.3 is 13.7 Å². The fourth-order valence-corrected chi connectivity index (χ4v) is 0.609. The Morgan fingerprint density at radius 1 is 1.10 bits per heavy atom. The van der Waals surface area contributed by atoms with Gasteiger partial charge in [-0.15, -0.1) is 12.4 Å². The van der Waals surface area contributed by atoms with Crippen LogP contribution >= 0.6 is 12.4 Å². The summed E-state index contributed by atoms with van der Waals surface area (Å²) in [7, 11) is -0.750. The lowest BCUT2D eigenvalue weighted by molar-refractivity contribution is -0.138. The van der Waals surface area contributed by atoms with Crippen LogP contribution in [0.4, 0.5) is 0 Å². The molecule has 0 rings (SSSR count). The zero-order chi connectivity index (χ0) is 17.1. The summed E-state index contributed by atoms with van der Waals surface area (Å²) in [4.78, 5) is 10.1. The normalized spacial score (nSPS) is 12.0. The molecule has 21 heavy (non-hydrogen) atoms. The Kier molecular flexibility index (Phi) is 18.2. The maximum atomic E-state index is 10.1. The van der Waals surface area contributed by atoms with E-state index < -0.39 is 30.9 Å². The van der Waals surface area contributed by atoms with E-state index in [2.05, 4.69) is 0 Å². The van der Waals surface area contributed by atoms with Crippen LogP contribution < -0.4 is 5.73 Å². The Morgan fingerprint density at radius 2 is 1.33 bits per heavy atom. The van der Waals surface area contributed by atoms with Crippen LogP contribution in [0.2, 0.25) is 0 Å². The number of carbonyl (C=O) groups is 1. The van der Waals surface area contributed by atoms with Crippen molar-refractivity contribution in [1.82, 2.24) is 0 Å². The van der Waals surface area contributed by atoms with Gasteiger partial charge in [0, 0.05) is 0 Å². The molecule has 0 saturated heterocycles. The van der Waals surface area contributed by atoms with Crippen LogP contribution in [0.15, 0.2) is 0 Å². The Bertz CT molecular complexity index is 241. The second-order valence-electron chi connectivity index (χ2n) is 5.83. The summed E-state index contributed by atoms with van der Waals surface area (Å²) in [6, 6.07) is -0.690. The molecular weight excluding hydrogens is 300 g/mol. The van der Waals surface area contributed by atoms with Crippen LogP contribution in [-0.4, -0.2) is 56.3 Å². The van der Waals surface area contributed by atoms with Gasteiger partial charge in [-0.3, -0.25) is 4.79 Å². The molecule has 1 unspecified atom stereocenters. The Morgan fingerprint density at radius 3 is 1.38 bits per heavy atom.